The van der Waals surface area contributed by atoms with Crippen LogP contribution in [0.25, 0.3) is 0 Å². The number of carbonyl (C=O) groups excluding carboxylic acids is 4. The largest absolute Gasteiger partial charge is 0.497 e. The molecule has 2 aromatic carbocycles. The number of anilines is 1. The highest BCUT2D eigenvalue weighted by atomic mass is 16.7. The highest BCUT2D eigenvalue weighted by molar-refractivity contribution is 5.78. The second-order valence-electron chi connectivity index (χ2n) is 17.7. The first-order valence-electron chi connectivity index (χ1n) is 18.3. The van der Waals surface area contributed by atoms with E-state index in [2.05, 4.69) is 0 Å². The van der Waals surface area contributed by atoms with Crippen molar-refractivity contribution < 1.29 is 47.6 Å². The molecule has 2 aromatic rings. The van der Waals surface area contributed by atoms with Crippen molar-refractivity contribution in [2.75, 3.05) is 18.6 Å². The van der Waals surface area contributed by atoms with Gasteiger partial charge in [0.2, 0.25) is 0 Å². The Labute approximate surface area is 316 Å². The summed E-state index contributed by atoms with van der Waals surface area (Å²) in [5.41, 5.74) is -2.19. The van der Waals surface area contributed by atoms with Gasteiger partial charge in [0.05, 0.1) is 34.8 Å². The molecule has 0 saturated carbocycles. The van der Waals surface area contributed by atoms with Gasteiger partial charge in [-0.15, -0.1) is 0 Å². The summed E-state index contributed by atoms with van der Waals surface area (Å²) in [5, 5.41) is 0. The summed E-state index contributed by atoms with van der Waals surface area (Å²) in [6.07, 6.45) is -5.79. The maximum atomic E-state index is 13.9. The number of nitrogens with zero attached hydrogens (tertiary/aromatic N) is 1. The van der Waals surface area contributed by atoms with Crippen LogP contribution in [0.5, 0.6) is 5.75 Å². The van der Waals surface area contributed by atoms with Gasteiger partial charge in [0.15, 0.2) is 24.5 Å². The van der Waals surface area contributed by atoms with Gasteiger partial charge in [-0.25, -0.2) is 0 Å². The van der Waals surface area contributed by atoms with Gasteiger partial charge in [-0.1, -0.05) is 37.3 Å². The fourth-order valence-corrected chi connectivity index (χ4v) is 5.46. The number of rotatable bonds is 11. The first-order valence-corrected chi connectivity index (χ1v) is 18.3. The van der Waals surface area contributed by atoms with Crippen molar-refractivity contribution in [3.8, 4) is 5.75 Å². The van der Waals surface area contributed by atoms with Crippen molar-refractivity contribution >= 4 is 29.6 Å². The smallest absolute Gasteiger partial charge is 0.311 e. The van der Waals surface area contributed by atoms with Gasteiger partial charge in [0.25, 0.3) is 0 Å². The lowest BCUT2D eigenvalue weighted by Gasteiger charge is -2.51. The Morgan fingerprint density at radius 1 is 0.642 bits per heavy atom. The third-order valence-electron chi connectivity index (χ3n) is 8.72. The number of methoxy groups -OCH3 is 1. The fraction of sp³-hybridized carbons (Fsp3) is 0.619. The van der Waals surface area contributed by atoms with Crippen molar-refractivity contribution in [1.29, 1.82) is 0 Å². The topological polar surface area (TPSA) is 127 Å². The number of ether oxygens (including phenoxy) is 6. The molecule has 0 N–H and O–H groups in total. The van der Waals surface area contributed by atoms with E-state index >= 15 is 0 Å². The highest BCUT2D eigenvalue weighted by Crippen LogP contribution is 2.41. The first-order chi connectivity index (χ1) is 24.4. The first kappa shape index (κ1) is 43.3. The fourth-order valence-electron chi connectivity index (χ4n) is 5.46. The lowest BCUT2D eigenvalue weighted by molar-refractivity contribution is -0.260. The molecule has 0 aliphatic carbocycles. The van der Waals surface area contributed by atoms with Crippen molar-refractivity contribution in [3.05, 3.63) is 60.2 Å². The normalized spacial score (nSPS) is 21.5. The van der Waals surface area contributed by atoms with Crippen molar-refractivity contribution in [3.63, 3.8) is 0 Å². The van der Waals surface area contributed by atoms with Gasteiger partial charge in [-0.05, 0) is 119 Å². The maximum Gasteiger partial charge on any atom is 0.311 e. The van der Waals surface area contributed by atoms with Crippen LogP contribution in [-0.2, 0) is 42.9 Å². The molecule has 0 amide bonds. The monoisotopic (exact) mass is 739 g/mol. The Hall–Kier alpha value is -4.12. The molecule has 1 heterocycles. The van der Waals surface area contributed by atoms with Crippen LogP contribution < -0.4 is 9.64 Å². The molecule has 294 valence electrons. The van der Waals surface area contributed by atoms with E-state index in [9.17, 15) is 19.2 Å². The van der Waals surface area contributed by atoms with Crippen molar-refractivity contribution in [1.82, 2.24) is 0 Å². The molecule has 0 aromatic heterocycles. The maximum absolute atomic E-state index is 13.9. The van der Waals surface area contributed by atoms with Gasteiger partial charge in [0.1, 0.15) is 18.5 Å². The quantitative estimate of drug-likeness (QED) is 0.165. The summed E-state index contributed by atoms with van der Waals surface area (Å²) in [6.45, 7) is 22.2. The van der Waals surface area contributed by atoms with Crippen LogP contribution in [0.2, 0.25) is 0 Å². The van der Waals surface area contributed by atoms with E-state index in [0.717, 1.165) is 5.56 Å². The Balaban J connectivity index is 2.41. The second-order valence-corrected chi connectivity index (χ2v) is 17.7. The second kappa shape index (κ2) is 16.9. The van der Waals surface area contributed by atoms with Crippen LogP contribution in [0.4, 0.5) is 5.69 Å². The number of benzene rings is 2. The summed E-state index contributed by atoms with van der Waals surface area (Å²) in [6, 6.07) is 16.8. The lowest BCUT2D eigenvalue weighted by Crippen LogP contribution is -2.67. The Kier molecular flexibility index (Phi) is 13.8. The van der Waals surface area contributed by atoms with E-state index < -0.39 is 76.2 Å². The van der Waals surface area contributed by atoms with Gasteiger partial charge in [-0.2, -0.15) is 0 Å². The third kappa shape index (κ3) is 11.2. The Bertz CT molecular complexity index is 1540. The van der Waals surface area contributed by atoms with Crippen LogP contribution in [0.1, 0.15) is 108 Å². The molecule has 0 unspecified atom stereocenters. The molecule has 53 heavy (non-hydrogen) atoms. The zero-order chi connectivity index (χ0) is 40.1. The molecule has 6 atom stereocenters. The SMILES string of the molecule is CC[C@H](c1ccccc1)N(c1ccc(OC)cc1)[C@@H]1O[C@H](COC(=O)C(C)(C)C)[C@H](OC(=O)C(C)(C)C)[C@H](OC(=O)C(C)(C)C)[C@H]1OC(=O)C(C)(C)C. The molecule has 3 rings (SSSR count). The van der Waals surface area contributed by atoms with Crippen LogP contribution in [0, 0.1) is 21.7 Å². The molecule has 0 bridgehead atoms. The lowest BCUT2D eigenvalue weighted by atomic mass is 9.91. The average molecular weight is 740 g/mol. The van der Waals surface area contributed by atoms with Gasteiger partial charge < -0.3 is 33.3 Å². The summed E-state index contributed by atoms with van der Waals surface area (Å²) in [5.74, 6) is -1.70. The molecular weight excluding hydrogens is 678 g/mol. The minimum Gasteiger partial charge on any atom is -0.497 e. The predicted molar refractivity (Wildman–Crippen MR) is 202 cm³/mol. The average Bonchev–Trinajstić information content (AvgIpc) is 3.06. The molecule has 1 aliphatic rings. The van der Waals surface area contributed by atoms with E-state index in [1.807, 2.05) is 66.4 Å². The molecule has 1 aliphatic heterocycles. The van der Waals surface area contributed by atoms with Crippen LogP contribution in [0.15, 0.2) is 54.6 Å². The van der Waals surface area contributed by atoms with Gasteiger partial charge >= 0.3 is 23.9 Å². The number of hydrogen-bond donors (Lipinski definition) is 0. The van der Waals surface area contributed by atoms with Gasteiger partial charge in [0, 0.05) is 5.69 Å². The third-order valence-corrected chi connectivity index (χ3v) is 8.72. The molecule has 1 saturated heterocycles. The summed E-state index contributed by atoms with van der Waals surface area (Å²) >= 11 is 0. The summed E-state index contributed by atoms with van der Waals surface area (Å²) < 4.78 is 37.2. The molecule has 11 nitrogen and oxygen atoms in total. The van der Waals surface area contributed by atoms with E-state index in [1.165, 1.54) is 0 Å². The number of carbonyl (C=O) groups is 4. The standard InChI is InChI=1S/C42H61NO10/c1-15-29(26-19-17-16-18-20-26)43(27-21-23-28(48-14)24-22-27)34-33(53-38(47)42(11,12)13)32(52-37(46)41(8,9)10)31(51-36(45)40(5,6)7)30(50-34)25-49-35(44)39(2,3)4/h16-24,29-34H,15,25H2,1-14H3/t29-,30-,31+,32+,33-,34-/m1/s1. The van der Waals surface area contributed by atoms with Crippen LogP contribution >= 0.6 is 0 Å². The van der Waals surface area contributed by atoms with Crippen molar-refractivity contribution in [2.45, 2.75) is 133 Å². The van der Waals surface area contributed by atoms with Gasteiger partial charge in [-0.3, -0.25) is 19.2 Å². The zero-order valence-corrected chi connectivity index (χ0v) is 34.1. The number of hydrogen-bond acceptors (Lipinski definition) is 11. The number of esters is 4. The highest BCUT2D eigenvalue weighted by Gasteiger charge is 2.57. The molecule has 0 radical (unpaired) electrons. The summed E-state index contributed by atoms with van der Waals surface area (Å²) in [7, 11) is 1.58. The molecular formula is C42H61NO10. The van der Waals surface area contributed by atoms with Crippen LogP contribution in [0.3, 0.4) is 0 Å². The Morgan fingerprint density at radius 3 is 1.53 bits per heavy atom. The molecule has 1 fully saturated rings. The molecule has 11 heteroatoms. The predicted octanol–water partition coefficient (Wildman–Crippen LogP) is 7.84. The van der Waals surface area contributed by atoms with Crippen LogP contribution in [-0.4, -0.2) is 68.2 Å². The summed E-state index contributed by atoms with van der Waals surface area (Å²) in [4.78, 5) is 56.6. The van der Waals surface area contributed by atoms with E-state index in [4.69, 9.17) is 28.4 Å². The zero-order valence-electron chi connectivity index (χ0n) is 34.1. The van der Waals surface area contributed by atoms with E-state index in [1.54, 1.807) is 90.2 Å². The minimum absolute atomic E-state index is 0.350. The minimum atomic E-state index is -1.38. The molecule has 0 spiro atoms. The Morgan fingerprint density at radius 2 is 1.09 bits per heavy atom. The van der Waals surface area contributed by atoms with Crippen molar-refractivity contribution in [2.24, 2.45) is 21.7 Å². The van der Waals surface area contributed by atoms with E-state index in [0.29, 0.717) is 17.9 Å². The van der Waals surface area contributed by atoms with E-state index in [-0.39, 0.29) is 12.6 Å².